The van der Waals surface area contributed by atoms with Gasteiger partial charge in [-0.3, -0.25) is 4.68 Å². The SMILES string of the molecule is Cc1nc(N2CCOc3cc(F)ccc32)c2cnn(C)c2n1. The van der Waals surface area contributed by atoms with E-state index in [9.17, 15) is 4.39 Å². The van der Waals surface area contributed by atoms with E-state index in [1.807, 2.05) is 18.9 Å². The van der Waals surface area contributed by atoms with Crippen molar-refractivity contribution in [1.29, 1.82) is 0 Å². The molecule has 0 amide bonds. The van der Waals surface area contributed by atoms with Gasteiger partial charge in [-0.05, 0) is 19.1 Å². The summed E-state index contributed by atoms with van der Waals surface area (Å²) in [4.78, 5) is 11.0. The second-order valence-electron chi connectivity index (χ2n) is 5.21. The van der Waals surface area contributed by atoms with Crippen molar-refractivity contribution in [3.8, 4) is 5.75 Å². The van der Waals surface area contributed by atoms with E-state index in [2.05, 4.69) is 15.1 Å². The Morgan fingerprint density at radius 3 is 3.00 bits per heavy atom. The van der Waals surface area contributed by atoms with Gasteiger partial charge < -0.3 is 9.64 Å². The highest BCUT2D eigenvalue weighted by atomic mass is 19.1. The van der Waals surface area contributed by atoms with Crippen LogP contribution in [0.3, 0.4) is 0 Å². The summed E-state index contributed by atoms with van der Waals surface area (Å²) < 4.78 is 20.7. The van der Waals surface area contributed by atoms with Crippen molar-refractivity contribution < 1.29 is 9.13 Å². The molecule has 0 saturated heterocycles. The standard InChI is InChI=1S/C15H14FN5O/c1-9-18-14-11(8-17-20(14)2)15(19-9)21-5-6-22-13-7-10(16)3-4-12(13)21/h3-4,7-8H,5-6H2,1-2H3. The molecule has 0 spiro atoms. The molecule has 0 bridgehead atoms. The largest absolute Gasteiger partial charge is 0.489 e. The zero-order valence-electron chi connectivity index (χ0n) is 12.2. The molecule has 0 N–H and O–H groups in total. The molecular weight excluding hydrogens is 285 g/mol. The lowest BCUT2D eigenvalue weighted by atomic mass is 10.2. The molecule has 0 atom stereocenters. The first-order chi connectivity index (χ1) is 10.6. The minimum Gasteiger partial charge on any atom is -0.489 e. The fourth-order valence-electron chi connectivity index (χ4n) is 2.73. The fourth-order valence-corrected chi connectivity index (χ4v) is 2.73. The fraction of sp³-hybridized carbons (Fsp3) is 0.267. The number of nitrogens with zero attached hydrogens (tertiary/aromatic N) is 5. The van der Waals surface area contributed by atoms with Crippen molar-refractivity contribution in [3.05, 3.63) is 36.0 Å². The third kappa shape index (κ3) is 1.89. The summed E-state index contributed by atoms with van der Waals surface area (Å²) in [5.41, 5.74) is 1.58. The molecule has 2 aromatic heterocycles. The lowest BCUT2D eigenvalue weighted by Gasteiger charge is -2.30. The Hall–Kier alpha value is -2.70. The molecule has 0 unspecified atom stereocenters. The van der Waals surface area contributed by atoms with Crippen molar-refractivity contribution in [2.24, 2.45) is 7.05 Å². The van der Waals surface area contributed by atoms with Gasteiger partial charge in [-0.1, -0.05) is 0 Å². The Balaban J connectivity index is 1.94. The molecule has 22 heavy (non-hydrogen) atoms. The quantitative estimate of drug-likeness (QED) is 0.690. The Morgan fingerprint density at radius 1 is 1.27 bits per heavy atom. The third-order valence-electron chi connectivity index (χ3n) is 3.72. The predicted octanol–water partition coefficient (Wildman–Crippen LogP) is 2.34. The summed E-state index contributed by atoms with van der Waals surface area (Å²) in [6, 6.07) is 4.54. The van der Waals surface area contributed by atoms with Crippen molar-refractivity contribution in [2.75, 3.05) is 18.1 Å². The van der Waals surface area contributed by atoms with E-state index in [-0.39, 0.29) is 5.82 Å². The van der Waals surface area contributed by atoms with Gasteiger partial charge in [-0.25, -0.2) is 14.4 Å². The predicted molar refractivity (Wildman–Crippen MR) is 79.9 cm³/mol. The molecule has 0 aliphatic carbocycles. The first-order valence-corrected chi connectivity index (χ1v) is 7.00. The van der Waals surface area contributed by atoms with Crippen LogP contribution in [0.5, 0.6) is 5.75 Å². The minimum absolute atomic E-state index is 0.314. The van der Waals surface area contributed by atoms with Gasteiger partial charge in [0.05, 0.1) is 23.8 Å². The Morgan fingerprint density at radius 2 is 2.14 bits per heavy atom. The van der Waals surface area contributed by atoms with Crippen LogP contribution in [0.4, 0.5) is 15.9 Å². The maximum Gasteiger partial charge on any atom is 0.163 e. The van der Waals surface area contributed by atoms with E-state index in [0.717, 1.165) is 22.5 Å². The zero-order chi connectivity index (χ0) is 15.3. The molecule has 112 valence electrons. The summed E-state index contributed by atoms with van der Waals surface area (Å²) >= 11 is 0. The third-order valence-corrected chi connectivity index (χ3v) is 3.72. The number of fused-ring (bicyclic) bond motifs is 2. The Labute approximate surface area is 126 Å². The van der Waals surface area contributed by atoms with Crippen LogP contribution in [0.2, 0.25) is 0 Å². The number of aromatic nitrogens is 4. The van der Waals surface area contributed by atoms with Crippen LogP contribution in [0.15, 0.2) is 24.4 Å². The second kappa shape index (κ2) is 4.66. The van der Waals surface area contributed by atoms with Gasteiger partial charge in [-0.15, -0.1) is 0 Å². The number of benzene rings is 1. The second-order valence-corrected chi connectivity index (χ2v) is 5.21. The number of aryl methyl sites for hydroxylation is 2. The van der Waals surface area contributed by atoms with Crippen LogP contribution in [-0.4, -0.2) is 32.9 Å². The lowest BCUT2D eigenvalue weighted by Crippen LogP contribution is -2.29. The lowest BCUT2D eigenvalue weighted by molar-refractivity contribution is 0.312. The van der Waals surface area contributed by atoms with Crippen molar-refractivity contribution in [3.63, 3.8) is 0 Å². The van der Waals surface area contributed by atoms with Gasteiger partial charge in [0.2, 0.25) is 0 Å². The number of anilines is 2. The van der Waals surface area contributed by atoms with Gasteiger partial charge in [-0.2, -0.15) is 5.10 Å². The average Bonchev–Trinajstić information content (AvgIpc) is 2.87. The monoisotopic (exact) mass is 299 g/mol. The number of halogens is 1. The highest BCUT2D eigenvalue weighted by Gasteiger charge is 2.24. The molecule has 3 aromatic rings. The van der Waals surface area contributed by atoms with Crippen LogP contribution in [0, 0.1) is 12.7 Å². The van der Waals surface area contributed by atoms with Crippen LogP contribution in [0.25, 0.3) is 11.0 Å². The molecule has 0 radical (unpaired) electrons. The first kappa shape index (κ1) is 13.0. The van der Waals surface area contributed by atoms with Gasteiger partial charge in [0.1, 0.15) is 29.8 Å². The van der Waals surface area contributed by atoms with Crippen LogP contribution in [-0.2, 0) is 7.05 Å². The van der Waals surface area contributed by atoms with E-state index in [1.54, 1.807) is 16.9 Å². The normalized spacial score (nSPS) is 14.0. The topological polar surface area (TPSA) is 56.1 Å². The number of rotatable bonds is 1. The Kier molecular flexibility index (Phi) is 2.75. The van der Waals surface area contributed by atoms with E-state index in [1.165, 1.54) is 12.1 Å². The number of ether oxygens (including phenoxy) is 1. The molecular formula is C15H14FN5O. The first-order valence-electron chi connectivity index (χ1n) is 7.00. The molecule has 1 aliphatic heterocycles. The van der Waals surface area contributed by atoms with E-state index < -0.39 is 0 Å². The number of hydrogen-bond donors (Lipinski definition) is 0. The highest BCUT2D eigenvalue weighted by molar-refractivity contribution is 5.90. The van der Waals surface area contributed by atoms with Crippen LogP contribution in [0.1, 0.15) is 5.82 Å². The number of hydrogen-bond acceptors (Lipinski definition) is 5. The minimum atomic E-state index is -0.314. The average molecular weight is 299 g/mol. The molecule has 3 heterocycles. The molecule has 7 heteroatoms. The molecule has 1 aromatic carbocycles. The summed E-state index contributed by atoms with van der Waals surface area (Å²) in [7, 11) is 1.85. The highest BCUT2D eigenvalue weighted by Crippen LogP contribution is 2.38. The maximum atomic E-state index is 13.4. The molecule has 4 rings (SSSR count). The van der Waals surface area contributed by atoms with Crippen molar-refractivity contribution in [1.82, 2.24) is 19.7 Å². The van der Waals surface area contributed by atoms with Gasteiger partial charge in [0, 0.05) is 13.1 Å². The molecule has 1 aliphatic rings. The van der Waals surface area contributed by atoms with E-state index >= 15 is 0 Å². The Bertz CT molecular complexity index is 876. The van der Waals surface area contributed by atoms with Crippen molar-refractivity contribution in [2.45, 2.75) is 6.92 Å². The van der Waals surface area contributed by atoms with Crippen LogP contribution < -0.4 is 9.64 Å². The van der Waals surface area contributed by atoms with E-state index in [0.29, 0.717) is 24.7 Å². The summed E-state index contributed by atoms with van der Waals surface area (Å²) in [6.07, 6.45) is 1.75. The van der Waals surface area contributed by atoms with Gasteiger partial charge in [0.15, 0.2) is 5.65 Å². The summed E-state index contributed by atoms with van der Waals surface area (Å²) in [5.74, 6) is 1.65. The van der Waals surface area contributed by atoms with E-state index in [4.69, 9.17) is 4.74 Å². The zero-order valence-corrected chi connectivity index (χ0v) is 12.2. The summed E-state index contributed by atoms with van der Waals surface area (Å²) in [6.45, 7) is 2.96. The van der Waals surface area contributed by atoms with Crippen molar-refractivity contribution >= 4 is 22.5 Å². The molecule has 0 fully saturated rings. The summed E-state index contributed by atoms with van der Waals surface area (Å²) in [5, 5.41) is 5.12. The molecule has 0 saturated carbocycles. The maximum absolute atomic E-state index is 13.4. The van der Waals surface area contributed by atoms with Gasteiger partial charge in [0.25, 0.3) is 0 Å². The van der Waals surface area contributed by atoms with Gasteiger partial charge >= 0.3 is 0 Å². The smallest absolute Gasteiger partial charge is 0.163 e. The van der Waals surface area contributed by atoms with Crippen LogP contribution >= 0.6 is 0 Å². The molecule has 6 nitrogen and oxygen atoms in total.